The fourth-order valence-corrected chi connectivity index (χ4v) is 6.05. The number of aryl methyl sites for hydroxylation is 1. The summed E-state index contributed by atoms with van der Waals surface area (Å²) in [7, 11) is 0. The molecule has 2 aliphatic rings. The highest BCUT2D eigenvalue weighted by Crippen LogP contribution is 2.36. The number of hydrogen-bond acceptors (Lipinski definition) is 6. The Morgan fingerprint density at radius 2 is 1.95 bits per heavy atom. The van der Waals surface area contributed by atoms with Gasteiger partial charge in [0.1, 0.15) is 17.0 Å². The van der Waals surface area contributed by atoms with Crippen molar-refractivity contribution in [3.05, 3.63) is 63.9 Å². The zero-order valence-corrected chi connectivity index (χ0v) is 22.2. The Morgan fingerprint density at radius 1 is 1.15 bits per heavy atom. The van der Waals surface area contributed by atoms with Crippen LogP contribution in [0.3, 0.4) is 0 Å². The number of nitrogens with zero attached hydrogens (tertiary/aromatic N) is 4. The number of benzene rings is 2. The molecular weight excluding hydrogens is 537 g/mol. The molecule has 3 N–H and O–H groups in total. The number of hydrogen-bond donors (Lipinski definition) is 2. The van der Waals surface area contributed by atoms with Crippen LogP contribution in [0.25, 0.3) is 22.2 Å². The predicted molar refractivity (Wildman–Crippen MR) is 147 cm³/mol. The Labute approximate surface area is 233 Å². The zero-order valence-electron chi connectivity index (χ0n) is 22.2. The molecule has 2 aromatic carbocycles. The van der Waals surface area contributed by atoms with E-state index in [-0.39, 0.29) is 29.5 Å². The maximum absolute atomic E-state index is 13.2. The summed E-state index contributed by atoms with van der Waals surface area (Å²) in [6.45, 7) is 1.05. The minimum Gasteiger partial charge on any atom is -0.406 e. The van der Waals surface area contributed by atoms with E-state index < -0.39 is 6.36 Å². The quantitative estimate of drug-likeness (QED) is 0.326. The minimum absolute atomic E-state index is 0.0722. The van der Waals surface area contributed by atoms with Gasteiger partial charge in [0, 0.05) is 24.3 Å². The first-order valence-corrected chi connectivity index (χ1v) is 13.7. The minimum atomic E-state index is -4.81. The molecule has 3 heterocycles. The lowest BCUT2D eigenvalue weighted by molar-refractivity contribution is -0.274. The fraction of sp³-hybridized carbons (Fsp3) is 0.379. The molecule has 214 valence electrons. The summed E-state index contributed by atoms with van der Waals surface area (Å²) in [5, 5.41) is 11.8. The van der Waals surface area contributed by atoms with Gasteiger partial charge in [0.05, 0.1) is 11.8 Å². The molecule has 41 heavy (non-hydrogen) atoms. The van der Waals surface area contributed by atoms with Crippen LogP contribution in [0.4, 0.5) is 24.7 Å². The molecule has 0 spiro atoms. The van der Waals surface area contributed by atoms with Crippen molar-refractivity contribution in [3.63, 3.8) is 0 Å². The maximum Gasteiger partial charge on any atom is 0.573 e. The van der Waals surface area contributed by atoms with E-state index in [1.54, 1.807) is 15.6 Å². The highest BCUT2D eigenvalue weighted by molar-refractivity contribution is 6.01. The number of aromatic amines is 1. The van der Waals surface area contributed by atoms with Crippen LogP contribution in [0.5, 0.6) is 5.75 Å². The van der Waals surface area contributed by atoms with Crippen LogP contribution in [0.2, 0.25) is 0 Å². The zero-order chi connectivity index (χ0) is 28.7. The van der Waals surface area contributed by atoms with E-state index in [1.165, 1.54) is 43.9 Å². The number of nitrogen functional groups attached to an aromatic ring is 1. The summed E-state index contributed by atoms with van der Waals surface area (Å²) < 4.78 is 43.5. The first kappa shape index (κ1) is 26.9. The van der Waals surface area contributed by atoms with Crippen molar-refractivity contribution in [1.29, 1.82) is 0 Å². The van der Waals surface area contributed by atoms with Gasteiger partial charge in [-0.05, 0) is 54.2 Å². The number of fused-ring (bicyclic) bond motifs is 2. The van der Waals surface area contributed by atoms with E-state index in [0.717, 1.165) is 23.2 Å². The van der Waals surface area contributed by atoms with Crippen molar-refractivity contribution in [2.45, 2.75) is 57.9 Å². The van der Waals surface area contributed by atoms with Crippen LogP contribution in [0, 0.1) is 5.92 Å². The molecule has 0 saturated heterocycles. The molecule has 1 amide bonds. The lowest BCUT2D eigenvalue weighted by Crippen LogP contribution is -2.30. The van der Waals surface area contributed by atoms with E-state index in [0.29, 0.717) is 47.6 Å². The van der Waals surface area contributed by atoms with E-state index in [9.17, 15) is 22.8 Å². The number of carbonyl (C=O) groups excluding carboxylic acids is 1. The van der Waals surface area contributed by atoms with Crippen LogP contribution < -0.4 is 20.9 Å². The molecule has 1 fully saturated rings. The van der Waals surface area contributed by atoms with Crippen molar-refractivity contribution in [2.75, 3.05) is 17.2 Å². The lowest BCUT2D eigenvalue weighted by atomic mass is 10.0. The van der Waals surface area contributed by atoms with Crippen molar-refractivity contribution in [3.8, 4) is 17.0 Å². The van der Waals surface area contributed by atoms with E-state index in [1.807, 2.05) is 18.2 Å². The molecule has 1 saturated carbocycles. The molecule has 6 rings (SSSR count). The van der Waals surface area contributed by atoms with Crippen molar-refractivity contribution in [1.82, 2.24) is 20.0 Å². The Hall–Kier alpha value is -4.35. The number of nitrogens with one attached hydrogen (secondary N) is 1. The number of amides is 1. The Bertz CT molecular complexity index is 1670. The number of aromatic nitrogens is 4. The third kappa shape index (κ3) is 5.50. The van der Waals surface area contributed by atoms with Crippen LogP contribution in [0.1, 0.15) is 43.2 Å². The molecule has 12 heteroatoms. The molecule has 1 aliphatic carbocycles. The summed E-state index contributed by atoms with van der Waals surface area (Å²) in [5.74, 6) is 0.217. The molecule has 1 aliphatic heterocycles. The van der Waals surface area contributed by atoms with E-state index in [2.05, 4.69) is 14.9 Å². The third-order valence-electron chi connectivity index (χ3n) is 7.96. The number of alkyl halides is 3. The summed E-state index contributed by atoms with van der Waals surface area (Å²) in [5.41, 5.74) is 9.69. The van der Waals surface area contributed by atoms with Gasteiger partial charge in [-0.25, -0.2) is 5.10 Å². The first-order valence-electron chi connectivity index (χ1n) is 13.7. The van der Waals surface area contributed by atoms with Gasteiger partial charge in [-0.2, -0.15) is 10.2 Å². The highest BCUT2D eigenvalue weighted by atomic mass is 19.4. The molecule has 4 aromatic rings. The Kier molecular flexibility index (Phi) is 6.92. The molecular formula is C29H29F3N6O3. The van der Waals surface area contributed by atoms with Gasteiger partial charge in [-0.3, -0.25) is 14.3 Å². The Morgan fingerprint density at radius 3 is 2.73 bits per heavy atom. The largest absolute Gasteiger partial charge is 0.573 e. The maximum atomic E-state index is 13.2. The number of carbonyl (C=O) groups is 1. The molecule has 0 bridgehead atoms. The lowest BCUT2D eigenvalue weighted by Gasteiger charge is -2.18. The van der Waals surface area contributed by atoms with Gasteiger partial charge in [0.15, 0.2) is 5.82 Å². The van der Waals surface area contributed by atoms with E-state index in [4.69, 9.17) is 10.8 Å². The van der Waals surface area contributed by atoms with E-state index >= 15 is 0 Å². The van der Waals surface area contributed by atoms with Gasteiger partial charge in [0.2, 0.25) is 5.91 Å². The van der Waals surface area contributed by atoms with Gasteiger partial charge in [0.25, 0.3) is 5.56 Å². The third-order valence-corrected chi connectivity index (χ3v) is 7.96. The summed E-state index contributed by atoms with van der Waals surface area (Å²) in [6, 6.07) is 11.1. The van der Waals surface area contributed by atoms with Crippen LogP contribution in [-0.2, 0) is 24.2 Å². The smallest absolute Gasteiger partial charge is 0.406 e. The van der Waals surface area contributed by atoms with Gasteiger partial charge in [-0.15, -0.1) is 13.2 Å². The number of rotatable bonds is 7. The predicted octanol–water partition coefficient (Wildman–Crippen LogP) is 4.98. The molecule has 0 atom stereocenters. The number of H-pyrrole nitrogens is 1. The number of nitrogens with two attached hydrogens (primary N) is 1. The van der Waals surface area contributed by atoms with Gasteiger partial charge >= 0.3 is 6.36 Å². The first-order chi connectivity index (χ1) is 19.7. The highest BCUT2D eigenvalue weighted by Gasteiger charge is 2.31. The van der Waals surface area contributed by atoms with Crippen LogP contribution >= 0.6 is 0 Å². The second kappa shape index (κ2) is 10.6. The Balaban J connectivity index is 1.26. The summed E-state index contributed by atoms with van der Waals surface area (Å²) >= 11 is 0. The summed E-state index contributed by atoms with van der Waals surface area (Å²) in [4.78, 5) is 27.6. The topological polar surface area (TPSA) is 119 Å². The second-order valence-corrected chi connectivity index (χ2v) is 10.7. The van der Waals surface area contributed by atoms with Gasteiger partial charge in [-0.1, -0.05) is 43.9 Å². The van der Waals surface area contributed by atoms with Crippen LogP contribution in [-0.4, -0.2) is 38.8 Å². The van der Waals surface area contributed by atoms with Crippen molar-refractivity contribution in [2.24, 2.45) is 5.92 Å². The second-order valence-electron chi connectivity index (χ2n) is 10.7. The average Bonchev–Trinajstić information content (AvgIpc) is 3.67. The molecule has 0 radical (unpaired) electrons. The summed E-state index contributed by atoms with van der Waals surface area (Å²) in [6.07, 6.45) is 1.52. The standard InChI is InChI=1S/C29H29F3N6O3/c30-29(31,32)41-21-7-3-6-18(14-21)15-23(39)37-12-11-19-16-20(8-9-22(19)37)25-24-26(28(40)35-34-27(24)33)38(36-25)13-10-17-4-1-2-5-17/h3,6-9,14,16-17H,1-2,4-5,10-13,15H2,(H2,33,34)(H,35,40). The van der Waals surface area contributed by atoms with Crippen LogP contribution in [0.15, 0.2) is 47.3 Å². The number of ether oxygens (including phenoxy) is 1. The molecule has 9 nitrogen and oxygen atoms in total. The number of anilines is 2. The fourth-order valence-electron chi connectivity index (χ4n) is 6.05. The average molecular weight is 567 g/mol. The molecule has 0 unspecified atom stereocenters. The monoisotopic (exact) mass is 566 g/mol. The van der Waals surface area contributed by atoms with Crippen molar-refractivity contribution < 1.29 is 22.7 Å². The number of halogens is 3. The SMILES string of the molecule is Nc1n[nH]c(=O)c2c1c(-c1ccc3c(c1)CCN3C(=O)Cc1cccc(OC(F)(F)F)c1)nn2CCC1CCCC1. The van der Waals surface area contributed by atoms with Crippen molar-refractivity contribution >= 4 is 28.3 Å². The molecule has 2 aromatic heterocycles. The van der Waals surface area contributed by atoms with Gasteiger partial charge < -0.3 is 15.4 Å². The normalized spacial score (nSPS) is 15.5.